The molecule has 3 rings (SSSR count). The maximum atomic E-state index is 12.1. The number of piperazine rings is 1. The van der Waals surface area contributed by atoms with E-state index in [-0.39, 0.29) is 5.91 Å². The van der Waals surface area contributed by atoms with Gasteiger partial charge in [0.25, 0.3) is 0 Å². The van der Waals surface area contributed by atoms with Gasteiger partial charge in [0, 0.05) is 38.1 Å². The fourth-order valence-electron chi connectivity index (χ4n) is 2.48. The van der Waals surface area contributed by atoms with E-state index < -0.39 is 5.54 Å². The molecular formula is C13H20N4OS. The summed E-state index contributed by atoms with van der Waals surface area (Å²) in [7, 11) is 0. The maximum absolute atomic E-state index is 12.1. The summed E-state index contributed by atoms with van der Waals surface area (Å²) in [5.74, 6) is 0.150. The van der Waals surface area contributed by atoms with E-state index in [2.05, 4.69) is 15.3 Å². The Hall–Kier alpha value is -0.980. The number of thiazole rings is 1. The molecule has 1 aromatic rings. The van der Waals surface area contributed by atoms with Gasteiger partial charge in [-0.1, -0.05) is 0 Å². The smallest absolute Gasteiger partial charge is 0.242 e. The van der Waals surface area contributed by atoms with Crippen LogP contribution in [0.25, 0.3) is 0 Å². The van der Waals surface area contributed by atoms with Gasteiger partial charge in [-0.25, -0.2) is 4.98 Å². The van der Waals surface area contributed by atoms with Gasteiger partial charge in [0.1, 0.15) is 0 Å². The standard InChI is InChI=1S/C13H20N4OS/c1-10-15-11(9-19-10)8-16-4-6-17(7-5-16)12(18)13(14)2-3-13/h9H,2-8,14H2,1H3. The van der Waals surface area contributed by atoms with E-state index in [1.54, 1.807) is 11.3 Å². The Balaban J connectivity index is 1.50. The number of carbonyl (C=O) groups is 1. The fraction of sp³-hybridized carbons (Fsp3) is 0.692. The van der Waals surface area contributed by atoms with Crippen LogP contribution in [-0.2, 0) is 11.3 Å². The second-order valence-corrected chi connectivity index (χ2v) is 6.64. The zero-order chi connectivity index (χ0) is 13.5. The van der Waals surface area contributed by atoms with Gasteiger partial charge >= 0.3 is 0 Å². The molecular weight excluding hydrogens is 260 g/mol. The molecule has 104 valence electrons. The van der Waals surface area contributed by atoms with E-state index in [1.807, 2.05) is 11.8 Å². The van der Waals surface area contributed by atoms with Crippen LogP contribution in [-0.4, -0.2) is 52.4 Å². The number of nitrogens with two attached hydrogens (primary N) is 1. The quantitative estimate of drug-likeness (QED) is 0.880. The van der Waals surface area contributed by atoms with Crippen molar-refractivity contribution in [2.24, 2.45) is 5.73 Å². The highest BCUT2D eigenvalue weighted by atomic mass is 32.1. The van der Waals surface area contributed by atoms with E-state index in [0.717, 1.165) is 56.3 Å². The normalized spacial score (nSPS) is 22.5. The minimum absolute atomic E-state index is 0.150. The van der Waals surface area contributed by atoms with Crippen molar-refractivity contribution in [1.82, 2.24) is 14.8 Å². The van der Waals surface area contributed by atoms with Gasteiger partial charge in [0.15, 0.2) is 0 Å². The van der Waals surface area contributed by atoms with Gasteiger partial charge in [-0.05, 0) is 19.8 Å². The van der Waals surface area contributed by atoms with Crippen LogP contribution in [0.2, 0.25) is 0 Å². The highest BCUT2D eigenvalue weighted by molar-refractivity contribution is 7.09. The van der Waals surface area contributed by atoms with Crippen molar-refractivity contribution >= 4 is 17.2 Å². The lowest BCUT2D eigenvalue weighted by Gasteiger charge is -2.35. The first-order valence-corrected chi connectivity index (χ1v) is 7.66. The second kappa shape index (κ2) is 4.85. The van der Waals surface area contributed by atoms with Crippen molar-refractivity contribution in [3.8, 4) is 0 Å². The summed E-state index contributed by atoms with van der Waals surface area (Å²) in [6.45, 7) is 6.33. The van der Waals surface area contributed by atoms with Crippen molar-refractivity contribution in [2.75, 3.05) is 26.2 Å². The molecule has 1 saturated heterocycles. The Morgan fingerprint density at radius 2 is 2.11 bits per heavy atom. The van der Waals surface area contributed by atoms with E-state index in [0.29, 0.717) is 0 Å². The van der Waals surface area contributed by atoms with Crippen LogP contribution in [0, 0.1) is 6.92 Å². The topological polar surface area (TPSA) is 62.5 Å². The first-order chi connectivity index (χ1) is 9.07. The number of nitrogens with zero attached hydrogens (tertiary/aromatic N) is 3. The summed E-state index contributed by atoms with van der Waals surface area (Å²) < 4.78 is 0. The zero-order valence-electron chi connectivity index (χ0n) is 11.3. The third-order valence-corrected chi connectivity index (χ3v) is 4.75. The number of aromatic nitrogens is 1. The Morgan fingerprint density at radius 1 is 1.42 bits per heavy atom. The molecule has 0 aromatic carbocycles. The van der Waals surface area contributed by atoms with Crippen LogP contribution in [0.1, 0.15) is 23.5 Å². The average molecular weight is 280 g/mol. The van der Waals surface area contributed by atoms with Crippen LogP contribution in [0.5, 0.6) is 0 Å². The molecule has 1 aromatic heterocycles. The molecule has 6 heteroatoms. The van der Waals surface area contributed by atoms with Crippen molar-refractivity contribution in [3.05, 3.63) is 16.1 Å². The molecule has 2 aliphatic rings. The Kier molecular flexibility index (Phi) is 3.32. The van der Waals surface area contributed by atoms with Crippen molar-refractivity contribution in [1.29, 1.82) is 0 Å². The SMILES string of the molecule is Cc1nc(CN2CCN(C(=O)C3(N)CC3)CC2)cs1. The minimum atomic E-state index is -0.520. The molecule has 5 nitrogen and oxygen atoms in total. The Labute approximate surface area is 117 Å². The lowest BCUT2D eigenvalue weighted by molar-refractivity contribution is -0.135. The monoisotopic (exact) mass is 280 g/mol. The van der Waals surface area contributed by atoms with Crippen LogP contribution in [0.3, 0.4) is 0 Å². The first kappa shape index (κ1) is 13.0. The number of amides is 1. The van der Waals surface area contributed by atoms with Crippen LogP contribution in [0.4, 0.5) is 0 Å². The van der Waals surface area contributed by atoms with Crippen LogP contribution >= 0.6 is 11.3 Å². The van der Waals surface area contributed by atoms with E-state index >= 15 is 0 Å². The largest absolute Gasteiger partial charge is 0.339 e. The number of hydrogen-bond donors (Lipinski definition) is 1. The predicted molar refractivity (Wildman–Crippen MR) is 74.9 cm³/mol. The van der Waals surface area contributed by atoms with E-state index in [4.69, 9.17) is 5.73 Å². The maximum Gasteiger partial charge on any atom is 0.242 e. The minimum Gasteiger partial charge on any atom is -0.339 e. The number of aryl methyl sites for hydroxylation is 1. The van der Waals surface area contributed by atoms with Gasteiger partial charge in [-0.15, -0.1) is 11.3 Å². The van der Waals surface area contributed by atoms with Gasteiger partial charge in [0.2, 0.25) is 5.91 Å². The highest BCUT2D eigenvalue weighted by Crippen LogP contribution is 2.34. The number of hydrogen-bond acceptors (Lipinski definition) is 5. The second-order valence-electron chi connectivity index (χ2n) is 5.58. The van der Waals surface area contributed by atoms with Gasteiger partial charge in [-0.3, -0.25) is 9.69 Å². The van der Waals surface area contributed by atoms with Gasteiger partial charge < -0.3 is 10.6 Å². The molecule has 2 heterocycles. The lowest BCUT2D eigenvalue weighted by Crippen LogP contribution is -2.53. The third-order valence-electron chi connectivity index (χ3n) is 3.93. The molecule has 19 heavy (non-hydrogen) atoms. The number of rotatable bonds is 3. The van der Waals surface area contributed by atoms with E-state index in [9.17, 15) is 4.79 Å². The fourth-order valence-corrected chi connectivity index (χ4v) is 3.09. The average Bonchev–Trinajstić information content (AvgIpc) is 3.03. The molecule has 1 aliphatic carbocycles. The molecule has 0 spiro atoms. The van der Waals surface area contributed by atoms with Gasteiger partial charge in [0.05, 0.1) is 16.2 Å². The molecule has 0 atom stereocenters. The lowest BCUT2D eigenvalue weighted by atomic mass is 10.2. The van der Waals surface area contributed by atoms with Crippen LogP contribution < -0.4 is 5.73 Å². The highest BCUT2D eigenvalue weighted by Gasteiger charge is 2.48. The molecule has 0 radical (unpaired) electrons. The third kappa shape index (κ3) is 2.80. The molecule has 2 N–H and O–H groups in total. The summed E-state index contributed by atoms with van der Waals surface area (Å²) in [4.78, 5) is 20.9. The number of carbonyl (C=O) groups excluding carboxylic acids is 1. The molecule has 2 fully saturated rings. The van der Waals surface area contributed by atoms with Crippen molar-refractivity contribution < 1.29 is 4.79 Å². The summed E-state index contributed by atoms with van der Waals surface area (Å²) in [5.41, 5.74) is 6.59. The predicted octanol–water partition coefficient (Wildman–Crippen LogP) is 0.587. The summed E-state index contributed by atoms with van der Waals surface area (Å²) in [5, 5.41) is 3.23. The summed E-state index contributed by atoms with van der Waals surface area (Å²) in [6.07, 6.45) is 1.70. The molecule has 1 saturated carbocycles. The molecule has 1 aliphatic heterocycles. The van der Waals surface area contributed by atoms with Crippen molar-refractivity contribution in [3.63, 3.8) is 0 Å². The zero-order valence-corrected chi connectivity index (χ0v) is 12.1. The van der Waals surface area contributed by atoms with Gasteiger partial charge in [-0.2, -0.15) is 0 Å². The van der Waals surface area contributed by atoms with Crippen molar-refractivity contribution in [2.45, 2.75) is 31.8 Å². The summed E-state index contributed by atoms with van der Waals surface area (Å²) in [6, 6.07) is 0. The van der Waals surface area contributed by atoms with E-state index in [1.165, 1.54) is 0 Å². The Bertz CT molecular complexity index is 475. The molecule has 0 bridgehead atoms. The molecule has 1 amide bonds. The summed E-state index contributed by atoms with van der Waals surface area (Å²) >= 11 is 1.69. The molecule has 0 unspecified atom stereocenters. The van der Waals surface area contributed by atoms with Crippen LogP contribution in [0.15, 0.2) is 5.38 Å². The first-order valence-electron chi connectivity index (χ1n) is 6.78. The Morgan fingerprint density at radius 3 is 2.63 bits per heavy atom.